The Kier molecular flexibility index (Phi) is 5.45. The van der Waals surface area contributed by atoms with E-state index in [1.807, 2.05) is 26.0 Å². The molecule has 0 fully saturated rings. The third kappa shape index (κ3) is 3.85. The molecule has 0 radical (unpaired) electrons. The van der Waals surface area contributed by atoms with Gasteiger partial charge in [0.25, 0.3) is 0 Å². The number of hydrogen-bond donors (Lipinski definition) is 1. The SMILES string of the molecule is CCC(O)(CC)CSc1ccc(Cl)c(Cl)c1. The van der Waals surface area contributed by atoms with Crippen LogP contribution in [0.2, 0.25) is 10.0 Å². The fraction of sp³-hybridized carbons (Fsp3) is 0.500. The molecule has 0 saturated heterocycles. The second-order valence-electron chi connectivity index (χ2n) is 3.80. The van der Waals surface area contributed by atoms with Crippen molar-refractivity contribution in [3.63, 3.8) is 0 Å². The van der Waals surface area contributed by atoms with Gasteiger partial charge >= 0.3 is 0 Å². The Hall–Kier alpha value is 0.110. The zero-order valence-corrected chi connectivity index (χ0v) is 11.8. The van der Waals surface area contributed by atoms with Crippen LogP contribution in [-0.4, -0.2) is 16.5 Å². The van der Waals surface area contributed by atoms with E-state index in [0.29, 0.717) is 15.8 Å². The van der Waals surface area contributed by atoms with Crippen LogP contribution in [0.25, 0.3) is 0 Å². The summed E-state index contributed by atoms with van der Waals surface area (Å²) < 4.78 is 0. The van der Waals surface area contributed by atoms with E-state index < -0.39 is 5.60 Å². The predicted molar refractivity (Wildman–Crippen MR) is 72.7 cm³/mol. The largest absolute Gasteiger partial charge is 0.389 e. The van der Waals surface area contributed by atoms with Gasteiger partial charge in [0.05, 0.1) is 15.6 Å². The van der Waals surface area contributed by atoms with Crippen molar-refractivity contribution in [1.29, 1.82) is 0 Å². The summed E-state index contributed by atoms with van der Waals surface area (Å²) in [7, 11) is 0. The molecular formula is C12H16Cl2OS. The second kappa shape index (κ2) is 6.15. The summed E-state index contributed by atoms with van der Waals surface area (Å²) in [5, 5.41) is 11.3. The van der Waals surface area contributed by atoms with Crippen LogP contribution >= 0.6 is 35.0 Å². The van der Waals surface area contributed by atoms with E-state index in [-0.39, 0.29) is 0 Å². The first-order chi connectivity index (χ1) is 7.50. The van der Waals surface area contributed by atoms with Crippen LogP contribution in [0.1, 0.15) is 26.7 Å². The molecule has 1 nitrogen and oxygen atoms in total. The summed E-state index contributed by atoms with van der Waals surface area (Å²) in [6.45, 7) is 4.00. The maximum atomic E-state index is 10.1. The second-order valence-corrected chi connectivity index (χ2v) is 5.66. The molecule has 4 heteroatoms. The lowest BCUT2D eigenvalue weighted by Gasteiger charge is -2.24. The minimum Gasteiger partial charge on any atom is -0.389 e. The fourth-order valence-electron chi connectivity index (χ4n) is 1.24. The summed E-state index contributed by atoms with van der Waals surface area (Å²) in [4.78, 5) is 1.04. The van der Waals surface area contributed by atoms with Gasteiger partial charge in [-0.05, 0) is 31.0 Å². The number of aliphatic hydroxyl groups is 1. The highest BCUT2D eigenvalue weighted by atomic mass is 35.5. The standard InChI is InChI=1S/C12H16Cl2OS/c1-3-12(15,4-2)8-16-9-5-6-10(13)11(14)7-9/h5-7,15H,3-4,8H2,1-2H3. The molecule has 0 aliphatic heterocycles. The third-order valence-electron chi connectivity index (χ3n) is 2.71. The van der Waals surface area contributed by atoms with Gasteiger partial charge in [0.2, 0.25) is 0 Å². The van der Waals surface area contributed by atoms with Crippen molar-refractivity contribution in [3.05, 3.63) is 28.2 Å². The highest BCUT2D eigenvalue weighted by Crippen LogP contribution is 2.31. The Morgan fingerprint density at radius 3 is 2.31 bits per heavy atom. The van der Waals surface area contributed by atoms with Crippen LogP contribution in [0.3, 0.4) is 0 Å². The number of rotatable bonds is 5. The first kappa shape index (κ1) is 14.2. The van der Waals surface area contributed by atoms with Gasteiger partial charge in [-0.2, -0.15) is 0 Å². The lowest BCUT2D eigenvalue weighted by molar-refractivity contribution is 0.0572. The van der Waals surface area contributed by atoms with Crippen LogP contribution < -0.4 is 0 Å². The Morgan fingerprint density at radius 1 is 1.19 bits per heavy atom. The molecule has 0 heterocycles. The van der Waals surface area contributed by atoms with Crippen LogP contribution in [0.15, 0.2) is 23.1 Å². The molecule has 1 aromatic carbocycles. The van der Waals surface area contributed by atoms with Crippen molar-refractivity contribution in [2.45, 2.75) is 37.2 Å². The fourth-order valence-corrected chi connectivity index (χ4v) is 2.81. The number of halogens is 2. The third-order valence-corrected chi connectivity index (χ3v) is 4.72. The van der Waals surface area contributed by atoms with E-state index in [1.165, 1.54) is 0 Å². The molecule has 1 aromatic rings. The number of benzene rings is 1. The van der Waals surface area contributed by atoms with Crippen molar-refractivity contribution in [1.82, 2.24) is 0 Å². The number of hydrogen-bond acceptors (Lipinski definition) is 2. The van der Waals surface area contributed by atoms with Gasteiger partial charge in [0.15, 0.2) is 0 Å². The van der Waals surface area contributed by atoms with Crippen molar-refractivity contribution in [2.75, 3.05) is 5.75 Å². The molecule has 0 aliphatic rings. The van der Waals surface area contributed by atoms with Crippen molar-refractivity contribution < 1.29 is 5.11 Å². The van der Waals surface area contributed by atoms with E-state index in [9.17, 15) is 5.11 Å². The lowest BCUT2D eigenvalue weighted by atomic mass is 10.0. The van der Waals surface area contributed by atoms with Crippen molar-refractivity contribution >= 4 is 35.0 Å². The van der Waals surface area contributed by atoms with E-state index in [1.54, 1.807) is 17.8 Å². The maximum Gasteiger partial charge on any atom is 0.0736 e. The molecule has 1 N–H and O–H groups in total. The van der Waals surface area contributed by atoms with Gasteiger partial charge in [-0.25, -0.2) is 0 Å². The molecule has 0 aliphatic carbocycles. The van der Waals surface area contributed by atoms with E-state index in [4.69, 9.17) is 23.2 Å². The Morgan fingerprint density at radius 2 is 1.81 bits per heavy atom. The molecule has 90 valence electrons. The van der Waals surface area contributed by atoms with Gasteiger partial charge < -0.3 is 5.11 Å². The van der Waals surface area contributed by atoms with Crippen LogP contribution in [0.4, 0.5) is 0 Å². The van der Waals surface area contributed by atoms with Crippen LogP contribution in [0, 0.1) is 0 Å². The summed E-state index contributed by atoms with van der Waals surface area (Å²) in [6, 6.07) is 5.54. The number of thioether (sulfide) groups is 1. The van der Waals surface area contributed by atoms with Crippen LogP contribution in [0.5, 0.6) is 0 Å². The van der Waals surface area contributed by atoms with E-state index >= 15 is 0 Å². The van der Waals surface area contributed by atoms with Gasteiger partial charge in [0.1, 0.15) is 0 Å². The molecule has 0 aromatic heterocycles. The minimum atomic E-state index is -0.587. The average molecular weight is 279 g/mol. The summed E-state index contributed by atoms with van der Waals surface area (Å²) in [6.07, 6.45) is 1.52. The zero-order chi connectivity index (χ0) is 12.2. The molecule has 0 atom stereocenters. The summed E-state index contributed by atoms with van der Waals surface area (Å²) >= 11 is 13.4. The van der Waals surface area contributed by atoms with Gasteiger partial charge in [0, 0.05) is 10.6 Å². The predicted octanol–water partition coefficient (Wildman–Crippen LogP) is 4.64. The summed E-state index contributed by atoms with van der Waals surface area (Å²) in [5.74, 6) is 0.679. The topological polar surface area (TPSA) is 20.2 Å². The average Bonchev–Trinajstić information content (AvgIpc) is 2.30. The first-order valence-electron chi connectivity index (χ1n) is 5.31. The molecule has 0 bridgehead atoms. The lowest BCUT2D eigenvalue weighted by Crippen LogP contribution is -2.29. The molecule has 0 unspecified atom stereocenters. The Balaban J connectivity index is 2.64. The molecule has 0 spiro atoms. The van der Waals surface area contributed by atoms with Gasteiger partial charge in [-0.15, -0.1) is 11.8 Å². The van der Waals surface area contributed by atoms with E-state index in [0.717, 1.165) is 17.7 Å². The van der Waals surface area contributed by atoms with Gasteiger partial charge in [-0.3, -0.25) is 0 Å². The molecular weight excluding hydrogens is 263 g/mol. The quantitative estimate of drug-likeness (QED) is 0.792. The normalized spacial score (nSPS) is 11.8. The monoisotopic (exact) mass is 278 g/mol. The highest BCUT2D eigenvalue weighted by molar-refractivity contribution is 7.99. The first-order valence-corrected chi connectivity index (χ1v) is 7.05. The highest BCUT2D eigenvalue weighted by Gasteiger charge is 2.22. The van der Waals surface area contributed by atoms with Crippen LogP contribution in [-0.2, 0) is 0 Å². The Labute approximate surface area is 111 Å². The maximum absolute atomic E-state index is 10.1. The zero-order valence-electron chi connectivity index (χ0n) is 9.46. The van der Waals surface area contributed by atoms with E-state index in [2.05, 4.69) is 0 Å². The Bertz CT molecular complexity index is 351. The smallest absolute Gasteiger partial charge is 0.0736 e. The van der Waals surface area contributed by atoms with Crippen molar-refractivity contribution in [3.8, 4) is 0 Å². The van der Waals surface area contributed by atoms with Gasteiger partial charge in [-0.1, -0.05) is 37.0 Å². The molecule has 0 saturated carbocycles. The van der Waals surface area contributed by atoms with Crippen molar-refractivity contribution in [2.24, 2.45) is 0 Å². The molecule has 16 heavy (non-hydrogen) atoms. The minimum absolute atomic E-state index is 0.559. The summed E-state index contributed by atoms with van der Waals surface area (Å²) in [5.41, 5.74) is -0.587. The molecule has 0 amide bonds. The molecule has 1 rings (SSSR count).